The molecule has 2 atom stereocenters. The highest BCUT2D eigenvalue weighted by molar-refractivity contribution is 5.86. The molecule has 0 saturated heterocycles. The summed E-state index contributed by atoms with van der Waals surface area (Å²) in [5.74, 6) is 1.55. The third-order valence-corrected chi connectivity index (χ3v) is 6.02. The van der Waals surface area contributed by atoms with E-state index in [4.69, 9.17) is 4.98 Å². The highest BCUT2D eigenvalue weighted by Gasteiger charge is 2.29. The molecule has 8 heteroatoms. The first kappa shape index (κ1) is 19.0. The number of anilines is 2. The number of aromatic nitrogens is 4. The molecule has 2 unspecified atom stereocenters. The van der Waals surface area contributed by atoms with Gasteiger partial charge in [0.2, 0.25) is 0 Å². The zero-order chi connectivity index (χ0) is 20.5. The Morgan fingerprint density at radius 3 is 2.70 bits per heavy atom. The molecule has 5 rings (SSSR count). The summed E-state index contributed by atoms with van der Waals surface area (Å²) in [5.41, 5.74) is 3.66. The van der Waals surface area contributed by atoms with Crippen LogP contribution >= 0.6 is 0 Å². The number of aliphatic imine (C=N–C) groups is 1. The number of benzene rings is 1. The van der Waals surface area contributed by atoms with Gasteiger partial charge >= 0.3 is 0 Å². The van der Waals surface area contributed by atoms with Crippen molar-refractivity contribution in [2.24, 2.45) is 10.9 Å². The summed E-state index contributed by atoms with van der Waals surface area (Å²) in [7, 11) is 1.90. The molecule has 3 aromatic rings. The number of hydrogen-bond donors (Lipinski definition) is 3. The second-order valence-corrected chi connectivity index (χ2v) is 8.26. The Bertz CT molecular complexity index is 1060. The maximum Gasteiger partial charge on any atom is 0.253 e. The van der Waals surface area contributed by atoms with Crippen molar-refractivity contribution in [3.8, 4) is 0 Å². The summed E-state index contributed by atoms with van der Waals surface area (Å²) in [5, 5.41) is 16.1. The van der Waals surface area contributed by atoms with E-state index in [9.17, 15) is 5.11 Å². The molecule has 2 saturated carbocycles. The Labute approximate surface area is 175 Å². The molecule has 2 aliphatic carbocycles. The van der Waals surface area contributed by atoms with Gasteiger partial charge in [-0.1, -0.05) is 12.1 Å². The average Bonchev–Trinajstić information content (AvgIpc) is 3.29. The zero-order valence-corrected chi connectivity index (χ0v) is 17.1. The number of fused-ring (bicyclic) bond motifs is 1. The quantitative estimate of drug-likeness (QED) is 0.520. The fraction of sp³-hybridized carbons (Fsp3) is 0.455. The molecule has 8 nitrogen and oxygen atoms in total. The number of imidazole rings is 1. The predicted octanol–water partition coefficient (Wildman–Crippen LogP) is 3.53. The summed E-state index contributed by atoms with van der Waals surface area (Å²) in [6, 6.07) is 8.81. The van der Waals surface area contributed by atoms with Crippen LogP contribution in [0.2, 0.25) is 0 Å². The van der Waals surface area contributed by atoms with Gasteiger partial charge in [0, 0.05) is 37.6 Å². The molecule has 3 N–H and O–H groups in total. The zero-order valence-electron chi connectivity index (χ0n) is 17.1. The van der Waals surface area contributed by atoms with Crippen LogP contribution in [-0.2, 0) is 0 Å². The second-order valence-electron chi connectivity index (χ2n) is 8.26. The van der Waals surface area contributed by atoms with Gasteiger partial charge in [0.15, 0.2) is 17.0 Å². The Morgan fingerprint density at radius 1 is 1.17 bits per heavy atom. The van der Waals surface area contributed by atoms with Gasteiger partial charge < -0.3 is 20.3 Å². The summed E-state index contributed by atoms with van der Waals surface area (Å²) in [4.78, 5) is 18.6. The molecule has 2 heterocycles. The van der Waals surface area contributed by atoms with Crippen LogP contribution < -0.4 is 10.6 Å². The monoisotopic (exact) mass is 405 g/mol. The van der Waals surface area contributed by atoms with Gasteiger partial charge in [0.25, 0.3) is 5.95 Å². The van der Waals surface area contributed by atoms with Crippen LogP contribution in [0.1, 0.15) is 43.7 Å². The molecular weight excluding hydrogens is 378 g/mol. The number of rotatable bonds is 7. The van der Waals surface area contributed by atoms with Crippen LogP contribution in [-0.4, -0.2) is 50.5 Å². The van der Waals surface area contributed by atoms with Crippen LogP contribution in [0.15, 0.2) is 35.6 Å². The lowest BCUT2D eigenvalue weighted by molar-refractivity contribution is 0.226. The van der Waals surface area contributed by atoms with Crippen molar-refractivity contribution in [2.75, 3.05) is 24.3 Å². The predicted molar refractivity (Wildman–Crippen MR) is 119 cm³/mol. The first-order valence-electron chi connectivity index (χ1n) is 10.7. The third kappa shape index (κ3) is 3.87. The van der Waals surface area contributed by atoms with Crippen molar-refractivity contribution in [1.29, 1.82) is 0 Å². The Morgan fingerprint density at radius 2 is 2.00 bits per heavy atom. The molecule has 0 spiro atoms. The van der Waals surface area contributed by atoms with E-state index in [-0.39, 0.29) is 6.61 Å². The van der Waals surface area contributed by atoms with E-state index in [1.807, 2.05) is 37.6 Å². The molecular formula is C22H27N7O. The van der Waals surface area contributed by atoms with E-state index < -0.39 is 0 Å². The van der Waals surface area contributed by atoms with E-state index in [1.54, 1.807) is 6.21 Å². The Hall–Kier alpha value is -3.00. The fourth-order valence-electron chi connectivity index (χ4n) is 4.09. The molecule has 0 radical (unpaired) electrons. The van der Waals surface area contributed by atoms with Crippen LogP contribution in [0.4, 0.5) is 17.5 Å². The van der Waals surface area contributed by atoms with Gasteiger partial charge in [-0.2, -0.15) is 9.97 Å². The molecule has 2 fully saturated rings. The summed E-state index contributed by atoms with van der Waals surface area (Å²) in [6.07, 6.45) is 8.99. The van der Waals surface area contributed by atoms with Crippen molar-refractivity contribution in [3.05, 3.63) is 36.2 Å². The normalized spacial score (nSPS) is 21.5. The maximum absolute atomic E-state index is 9.52. The van der Waals surface area contributed by atoms with Crippen molar-refractivity contribution in [1.82, 2.24) is 19.5 Å². The molecule has 30 heavy (non-hydrogen) atoms. The second kappa shape index (κ2) is 8.02. The first-order chi connectivity index (χ1) is 14.7. The van der Waals surface area contributed by atoms with E-state index in [0.717, 1.165) is 60.3 Å². The van der Waals surface area contributed by atoms with E-state index >= 15 is 0 Å². The summed E-state index contributed by atoms with van der Waals surface area (Å²) < 4.78 is 2.14. The summed E-state index contributed by atoms with van der Waals surface area (Å²) in [6.45, 7) is 0.245. The minimum atomic E-state index is 0.245. The molecule has 2 aliphatic rings. The molecule has 2 aromatic heterocycles. The van der Waals surface area contributed by atoms with Gasteiger partial charge in [-0.05, 0) is 55.7 Å². The van der Waals surface area contributed by atoms with Crippen molar-refractivity contribution in [3.63, 3.8) is 0 Å². The van der Waals surface area contributed by atoms with Crippen molar-refractivity contribution >= 4 is 34.8 Å². The standard InChI is InChI=1S/C22H27N7O/c1-23-16-5-2-14(3-6-16)11-24-22-27-20(26-17-7-8-17)19-21(28-22)29(13-25-19)18-9-4-15(10-18)12-30/h2-3,5-6,11,13,15,17-18,23,30H,4,7-10,12H2,1H3,(H,26,27,28). The molecule has 156 valence electrons. The highest BCUT2D eigenvalue weighted by atomic mass is 16.3. The minimum Gasteiger partial charge on any atom is -0.396 e. The number of hydrogen-bond acceptors (Lipinski definition) is 7. The van der Waals surface area contributed by atoms with Crippen molar-refractivity contribution < 1.29 is 5.11 Å². The fourth-order valence-corrected chi connectivity index (χ4v) is 4.09. The smallest absolute Gasteiger partial charge is 0.253 e. The van der Waals surface area contributed by atoms with E-state index in [2.05, 4.69) is 30.2 Å². The van der Waals surface area contributed by atoms with Gasteiger partial charge in [-0.15, -0.1) is 0 Å². The third-order valence-electron chi connectivity index (χ3n) is 6.02. The van der Waals surface area contributed by atoms with Crippen molar-refractivity contribution in [2.45, 2.75) is 44.2 Å². The van der Waals surface area contributed by atoms with Gasteiger partial charge in [0.1, 0.15) is 0 Å². The largest absolute Gasteiger partial charge is 0.396 e. The molecule has 0 amide bonds. The SMILES string of the molecule is CNc1ccc(C=Nc2nc(NC3CC3)c3ncn(C4CCC(CO)C4)c3n2)cc1. The van der Waals surface area contributed by atoms with Gasteiger partial charge in [0.05, 0.1) is 6.33 Å². The molecule has 1 aromatic carbocycles. The maximum atomic E-state index is 9.52. The molecule has 0 aliphatic heterocycles. The van der Waals surface area contributed by atoms with Crippen LogP contribution in [0.25, 0.3) is 11.2 Å². The van der Waals surface area contributed by atoms with Crippen LogP contribution in [0.5, 0.6) is 0 Å². The van der Waals surface area contributed by atoms with Gasteiger partial charge in [-0.25, -0.2) is 9.98 Å². The Kier molecular flexibility index (Phi) is 5.08. The minimum absolute atomic E-state index is 0.245. The van der Waals surface area contributed by atoms with E-state index in [1.165, 1.54) is 0 Å². The van der Waals surface area contributed by atoms with Crippen LogP contribution in [0, 0.1) is 5.92 Å². The Balaban J connectivity index is 1.49. The molecule has 0 bridgehead atoms. The van der Waals surface area contributed by atoms with E-state index in [0.29, 0.717) is 23.9 Å². The lowest BCUT2D eigenvalue weighted by atomic mass is 10.1. The number of nitrogens with one attached hydrogen (secondary N) is 2. The lowest BCUT2D eigenvalue weighted by Gasteiger charge is -2.13. The topological polar surface area (TPSA) is 100 Å². The summed E-state index contributed by atoms with van der Waals surface area (Å²) >= 11 is 0. The number of aliphatic hydroxyl groups is 1. The van der Waals surface area contributed by atoms with Gasteiger partial charge in [-0.3, -0.25) is 0 Å². The average molecular weight is 406 g/mol. The van der Waals surface area contributed by atoms with Crippen LogP contribution in [0.3, 0.4) is 0 Å². The number of nitrogens with zero attached hydrogens (tertiary/aromatic N) is 5. The number of aliphatic hydroxyl groups excluding tert-OH is 1. The lowest BCUT2D eigenvalue weighted by Crippen LogP contribution is -2.08. The first-order valence-corrected chi connectivity index (χ1v) is 10.7. The highest BCUT2D eigenvalue weighted by Crippen LogP contribution is 2.37.